The molecule has 1 amide bonds. The maximum atomic E-state index is 11.9. The Labute approximate surface area is 85.5 Å². The molecule has 1 rings (SSSR count). The zero-order valence-corrected chi connectivity index (χ0v) is 9.03. The number of carbonyl (C=O) groups is 2. The van der Waals surface area contributed by atoms with Gasteiger partial charge in [-0.25, -0.2) is 0 Å². The molecule has 0 radical (unpaired) electrons. The lowest BCUT2D eigenvalue weighted by Gasteiger charge is -2.23. The molecule has 0 aliphatic carbocycles. The van der Waals surface area contributed by atoms with E-state index in [0.717, 1.165) is 38.5 Å². The van der Waals surface area contributed by atoms with E-state index in [2.05, 4.69) is 6.92 Å². The van der Waals surface area contributed by atoms with Crippen molar-refractivity contribution < 1.29 is 9.59 Å². The molecule has 1 aliphatic rings. The molecule has 0 bridgehead atoms. The van der Waals surface area contributed by atoms with E-state index in [1.807, 2.05) is 6.92 Å². The molecule has 0 aromatic heterocycles. The Morgan fingerprint density at radius 1 is 1.64 bits per heavy atom. The number of rotatable bonds is 4. The van der Waals surface area contributed by atoms with Gasteiger partial charge in [-0.2, -0.15) is 0 Å². The fraction of sp³-hybridized carbons (Fsp3) is 0.818. The zero-order valence-electron chi connectivity index (χ0n) is 9.03. The summed E-state index contributed by atoms with van der Waals surface area (Å²) in [6.07, 6.45) is 4.65. The molecule has 0 aromatic rings. The van der Waals surface area contributed by atoms with Gasteiger partial charge in [-0.1, -0.05) is 20.3 Å². The van der Waals surface area contributed by atoms with Crippen molar-refractivity contribution in [3.05, 3.63) is 0 Å². The Kier molecular flexibility index (Phi) is 4.11. The predicted octanol–water partition coefficient (Wildman–Crippen LogP) is 1.61. The Morgan fingerprint density at radius 2 is 2.36 bits per heavy atom. The number of hydrogen-bond acceptors (Lipinski definition) is 2. The maximum absolute atomic E-state index is 11.9. The van der Waals surface area contributed by atoms with Gasteiger partial charge < -0.3 is 9.69 Å². The smallest absolute Gasteiger partial charge is 0.226 e. The Bertz CT molecular complexity index is 215. The van der Waals surface area contributed by atoms with E-state index in [4.69, 9.17) is 0 Å². The highest BCUT2D eigenvalue weighted by atomic mass is 16.2. The van der Waals surface area contributed by atoms with Crippen LogP contribution in [0.4, 0.5) is 0 Å². The first-order valence-corrected chi connectivity index (χ1v) is 5.46. The van der Waals surface area contributed by atoms with Gasteiger partial charge in [0, 0.05) is 12.5 Å². The van der Waals surface area contributed by atoms with E-state index in [-0.39, 0.29) is 17.9 Å². The molecule has 2 atom stereocenters. The molecule has 14 heavy (non-hydrogen) atoms. The molecule has 0 aromatic carbocycles. The summed E-state index contributed by atoms with van der Waals surface area (Å²) < 4.78 is 0. The highest BCUT2D eigenvalue weighted by Gasteiger charge is 2.30. The highest BCUT2D eigenvalue weighted by molar-refractivity contribution is 5.82. The summed E-state index contributed by atoms with van der Waals surface area (Å²) in [6.45, 7) is 4.78. The van der Waals surface area contributed by atoms with Gasteiger partial charge in [0.1, 0.15) is 6.29 Å². The third-order valence-corrected chi connectivity index (χ3v) is 2.88. The minimum atomic E-state index is -0.151. The van der Waals surface area contributed by atoms with Crippen LogP contribution < -0.4 is 0 Å². The third-order valence-electron chi connectivity index (χ3n) is 2.88. The van der Waals surface area contributed by atoms with E-state index < -0.39 is 0 Å². The average Bonchev–Trinajstić information content (AvgIpc) is 2.64. The first kappa shape index (κ1) is 11.2. The molecule has 0 saturated carbocycles. The second kappa shape index (κ2) is 5.13. The largest absolute Gasteiger partial charge is 0.333 e. The van der Waals surface area contributed by atoms with Crippen LogP contribution in [-0.2, 0) is 9.59 Å². The number of nitrogens with zero attached hydrogens (tertiary/aromatic N) is 1. The van der Waals surface area contributed by atoms with E-state index in [9.17, 15) is 9.59 Å². The van der Waals surface area contributed by atoms with Crippen molar-refractivity contribution >= 4 is 12.2 Å². The maximum Gasteiger partial charge on any atom is 0.226 e. The fourth-order valence-corrected chi connectivity index (χ4v) is 2.05. The lowest BCUT2D eigenvalue weighted by atomic mass is 10.0. The van der Waals surface area contributed by atoms with Crippen molar-refractivity contribution in [1.29, 1.82) is 0 Å². The van der Waals surface area contributed by atoms with E-state index in [1.54, 1.807) is 4.90 Å². The molecule has 1 aliphatic heterocycles. The van der Waals surface area contributed by atoms with Crippen molar-refractivity contribution in [3.63, 3.8) is 0 Å². The quantitative estimate of drug-likeness (QED) is 0.642. The first-order valence-electron chi connectivity index (χ1n) is 5.46. The van der Waals surface area contributed by atoms with Gasteiger partial charge in [-0.05, 0) is 19.3 Å². The molecule has 80 valence electrons. The van der Waals surface area contributed by atoms with Crippen LogP contribution in [0.5, 0.6) is 0 Å². The fourth-order valence-electron chi connectivity index (χ4n) is 2.05. The zero-order chi connectivity index (χ0) is 10.6. The van der Waals surface area contributed by atoms with Crippen molar-refractivity contribution in [3.8, 4) is 0 Å². The molecule has 2 unspecified atom stereocenters. The van der Waals surface area contributed by atoms with Gasteiger partial charge in [0.15, 0.2) is 0 Å². The van der Waals surface area contributed by atoms with E-state index in [0.29, 0.717) is 0 Å². The topological polar surface area (TPSA) is 37.4 Å². The van der Waals surface area contributed by atoms with Crippen LogP contribution in [0, 0.1) is 5.92 Å². The third kappa shape index (κ3) is 2.34. The molecule has 1 fully saturated rings. The van der Waals surface area contributed by atoms with Crippen LogP contribution in [0.2, 0.25) is 0 Å². The van der Waals surface area contributed by atoms with Crippen LogP contribution in [0.1, 0.15) is 39.5 Å². The molecule has 0 N–H and O–H groups in total. The second-order valence-corrected chi connectivity index (χ2v) is 4.07. The molecular formula is C11H19NO2. The van der Waals surface area contributed by atoms with Gasteiger partial charge in [0.25, 0.3) is 0 Å². The van der Waals surface area contributed by atoms with Crippen LogP contribution in [0.3, 0.4) is 0 Å². The Morgan fingerprint density at radius 3 is 2.93 bits per heavy atom. The van der Waals surface area contributed by atoms with Crippen LogP contribution in [0.25, 0.3) is 0 Å². The normalized spacial score (nSPS) is 23.6. The first-order chi connectivity index (χ1) is 6.70. The summed E-state index contributed by atoms with van der Waals surface area (Å²) in [6, 6.07) is -0.151. The van der Waals surface area contributed by atoms with Crippen molar-refractivity contribution in [1.82, 2.24) is 4.90 Å². The predicted molar refractivity (Wildman–Crippen MR) is 54.9 cm³/mol. The van der Waals surface area contributed by atoms with Crippen LogP contribution in [0.15, 0.2) is 0 Å². The minimum Gasteiger partial charge on any atom is -0.333 e. The van der Waals surface area contributed by atoms with E-state index >= 15 is 0 Å². The number of carbonyl (C=O) groups excluding carboxylic acids is 2. The van der Waals surface area contributed by atoms with Gasteiger partial charge in [-0.15, -0.1) is 0 Å². The summed E-state index contributed by atoms with van der Waals surface area (Å²) in [5.41, 5.74) is 0. The van der Waals surface area contributed by atoms with Gasteiger partial charge in [0.2, 0.25) is 5.91 Å². The Hall–Kier alpha value is -0.860. The lowest BCUT2D eigenvalue weighted by molar-refractivity contribution is -0.138. The lowest BCUT2D eigenvalue weighted by Crippen LogP contribution is -2.39. The van der Waals surface area contributed by atoms with Crippen molar-refractivity contribution in [2.75, 3.05) is 6.54 Å². The molecule has 1 heterocycles. The number of aldehydes is 1. The number of amides is 1. The summed E-state index contributed by atoms with van der Waals surface area (Å²) in [7, 11) is 0. The van der Waals surface area contributed by atoms with Crippen molar-refractivity contribution in [2.45, 2.75) is 45.6 Å². The molecular weight excluding hydrogens is 178 g/mol. The standard InChI is InChI=1S/C11H19NO2/c1-3-5-9(2)11(14)12-7-4-6-10(12)8-13/h8-10H,3-7H2,1-2H3. The van der Waals surface area contributed by atoms with Crippen LogP contribution in [-0.4, -0.2) is 29.7 Å². The number of likely N-dealkylation sites (tertiary alicyclic amines) is 1. The Balaban J connectivity index is 2.54. The molecule has 0 spiro atoms. The summed E-state index contributed by atoms with van der Waals surface area (Å²) in [5, 5.41) is 0. The average molecular weight is 197 g/mol. The highest BCUT2D eigenvalue weighted by Crippen LogP contribution is 2.19. The minimum absolute atomic E-state index is 0.0700. The molecule has 1 saturated heterocycles. The molecule has 3 nitrogen and oxygen atoms in total. The summed E-state index contributed by atoms with van der Waals surface area (Å²) in [4.78, 5) is 24.3. The summed E-state index contributed by atoms with van der Waals surface area (Å²) >= 11 is 0. The van der Waals surface area contributed by atoms with Gasteiger partial charge in [0.05, 0.1) is 6.04 Å². The SMILES string of the molecule is CCCC(C)C(=O)N1CCCC1C=O. The van der Waals surface area contributed by atoms with Gasteiger partial charge in [-0.3, -0.25) is 4.79 Å². The monoisotopic (exact) mass is 197 g/mol. The van der Waals surface area contributed by atoms with Crippen molar-refractivity contribution in [2.24, 2.45) is 5.92 Å². The van der Waals surface area contributed by atoms with E-state index in [1.165, 1.54) is 0 Å². The number of hydrogen-bond donors (Lipinski definition) is 0. The molecule has 3 heteroatoms. The summed E-state index contributed by atoms with van der Waals surface area (Å²) in [5.74, 6) is 0.224. The van der Waals surface area contributed by atoms with Crippen LogP contribution >= 0.6 is 0 Å². The second-order valence-electron chi connectivity index (χ2n) is 4.07. The van der Waals surface area contributed by atoms with Gasteiger partial charge >= 0.3 is 0 Å².